The number of hydrogen-bond acceptors (Lipinski definition) is 3. The Bertz CT molecular complexity index is 348. The molecule has 1 nitrogen and oxygen atoms in total. The number of benzene rings is 1. The molecule has 73 valence electrons. The molecular formula is C9H12NaOS3. The zero-order valence-electron chi connectivity index (χ0n) is 8.43. The molecule has 0 unspecified atom stereocenters. The van der Waals surface area contributed by atoms with Crippen molar-refractivity contribution in [3.8, 4) is 5.75 Å². The molecular weight excluding hydrogens is 243 g/mol. The Kier molecular flexibility index (Phi) is 7.56. The molecule has 0 aliphatic carbocycles. The van der Waals surface area contributed by atoms with E-state index in [2.05, 4.69) is 6.92 Å². The minimum Gasteiger partial charge on any atom is -0.422 e. The molecule has 0 aliphatic heterocycles. The zero-order valence-corrected chi connectivity index (χ0v) is 12.9. The van der Waals surface area contributed by atoms with E-state index in [1.165, 1.54) is 0 Å². The normalized spacial score (nSPS) is 10.4. The van der Waals surface area contributed by atoms with E-state index in [-0.39, 0.29) is 29.6 Å². The molecule has 0 aliphatic rings. The molecule has 1 rings (SSSR count). The van der Waals surface area contributed by atoms with Gasteiger partial charge >= 0.3 is 0 Å². The van der Waals surface area contributed by atoms with Gasteiger partial charge in [-0.25, -0.2) is 0 Å². The molecule has 0 heterocycles. The first-order valence-corrected chi connectivity index (χ1v) is 7.69. The van der Waals surface area contributed by atoms with E-state index in [9.17, 15) is 0 Å². The topological polar surface area (TPSA) is 9.23 Å². The summed E-state index contributed by atoms with van der Waals surface area (Å²) in [5.74, 6) is 1.59. The number of hydrogen-bond donors (Lipinski definition) is 0. The van der Waals surface area contributed by atoms with Crippen LogP contribution in [0.15, 0.2) is 30.3 Å². The van der Waals surface area contributed by atoms with Crippen LogP contribution in [0.5, 0.6) is 5.75 Å². The third-order valence-corrected chi connectivity index (χ3v) is 4.18. The molecule has 0 spiro atoms. The molecule has 14 heavy (non-hydrogen) atoms. The van der Waals surface area contributed by atoms with Crippen molar-refractivity contribution in [2.45, 2.75) is 13.3 Å². The largest absolute Gasteiger partial charge is 0.422 e. The fourth-order valence-electron chi connectivity index (χ4n) is 0.914. The predicted octanol–water partition coefficient (Wildman–Crippen LogP) is 2.09. The van der Waals surface area contributed by atoms with Gasteiger partial charge in [0.25, 0.3) is 0 Å². The number of rotatable bonds is 4. The third-order valence-electron chi connectivity index (χ3n) is 1.42. The molecule has 0 saturated heterocycles. The maximum absolute atomic E-state index is 5.56. The van der Waals surface area contributed by atoms with Crippen LogP contribution in [0, 0.1) is 0 Å². The summed E-state index contributed by atoms with van der Waals surface area (Å²) in [6, 6.07) is 9.55. The molecule has 1 aromatic carbocycles. The Balaban J connectivity index is 0.00000169. The summed E-state index contributed by atoms with van der Waals surface area (Å²) < 4.78 is 5.56. The van der Waals surface area contributed by atoms with Gasteiger partial charge in [0.15, 0.2) is 0 Å². The van der Waals surface area contributed by atoms with Crippen molar-refractivity contribution in [1.82, 2.24) is 0 Å². The summed E-state index contributed by atoms with van der Waals surface area (Å²) in [5, 5.41) is 0. The van der Waals surface area contributed by atoms with Crippen LogP contribution >= 0.6 is 0 Å². The smallest absolute Gasteiger partial charge is 0.137 e. The quantitative estimate of drug-likeness (QED) is 0.763. The molecule has 1 aromatic rings. The van der Waals surface area contributed by atoms with Crippen LogP contribution in [0.3, 0.4) is 0 Å². The van der Waals surface area contributed by atoms with Crippen LogP contribution in [0.1, 0.15) is 13.3 Å². The van der Waals surface area contributed by atoms with Gasteiger partial charge < -0.3 is 4.18 Å². The Labute approximate surface area is 118 Å². The van der Waals surface area contributed by atoms with Gasteiger partial charge in [0.05, 0.1) is 7.43 Å². The van der Waals surface area contributed by atoms with E-state index in [1.807, 2.05) is 30.3 Å². The summed E-state index contributed by atoms with van der Waals surface area (Å²) in [6.45, 7) is 2.06. The minimum atomic E-state index is -1.72. The summed E-state index contributed by atoms with van der Waals surface area (Å²) in [7, 11) is -1.72. The van der Waals surface area contributed by atoms with Gasteiger partial charge in [-0.3, -0.25) is 0 Å². The maximum Gasteiger partial charge on any atom is 0.137 e. The molecule has 0 fully saturated rings. The first kappa shape index (κ1) is 14.8. The monoisotopic (exact) mass is 255 g/mol. The summed E-state index contributed by atoms with van der Waals surface area (Å²) in [4.78, 5) is 0. The average Bonchev–Trinajstić information content (AvgIpc) is 2.04. The van der Waals surface area contributed by atoms with Crippen molar-refractivity contribution in [2.24, 2.45) is 0 Å². The Morgan fingerprint density at radius 2 is 1.79 bits per heavy atom. The van der Waals surface area contributed by atoms with Crippen molar-refractivity contribution in [3.05, 3.63) is 30.3 Å². The van der Waals surface area contributed by atoms with Gasteiger partial charge in [-0.2, -0.15) is 0 Å². The van der Waals surface area contributed by atoms with Crippen molar-refractivity contribution in [3.63, 3.8) is 0 Å². The van der Waals surface area contributed by atoms with Gasteiger partial charge in [-0.15, -0.1) is 0 Å². The second-order valence-electron chi connectivity index (χ2n) is 2.66. The summed E-state index contributed by atoms with van der Waals surface area (Å²) >= 11 is 10.4. The maximum atomic E-state index is 5.56. The van der Waals surface area contributed by atoms with Crippen molar-refractivity contribution >= 4 is 59.4 Å². The first-order valence-electron chi connectivity index (χ1n) is 4.11. The molecule has 5 heteroatoms. The van der Waals surface area contributed by atoms with Crippen LogP contribution in [0.2, 0.25) is 0 Å². The SMILES string of the molecule is CCCS(=S)(=S)Oc1ccccc1.[Na]. The zero-order chi connectivity index (χ0) is 9.73. The fraction of sp³-hybridized carbons (Fsp3) is 0.333. The van der Waals surface area contributed by atoms with Crippen LogP contribution in [-0.2, 0) is 29.8 Å². The Hall–Kier alpha value is 0.810. The predicted molar refractivity (Wildman–Crippen MR) is 70.1 cm³/mol. The van der Waals surface area contributed by atoms with E-state index < -0.39 is 7.43 Å². The van der Waals surface area contributed by atoms with Crippen LogP contribution in [0.4, 0.5) is 0 Å². The minimum absolute atomic E-state index is 0. The molecule has 0 saturated carbocycles. The van der Waals surface area contributed by atoms with E-state index in [0.29, 0.717) is 0 Å². The molecule has 0 amide bonds. The first-order chi connectivity index (χ1) is 6.14. The van der Waals surface area contributed by atoms with Crippen LogP contribution < -0.4 is 4.18 Å². The van der Waals surface area contributed by atoms with E-state index >= 15 is 0 Å². The van der Waals surface area contributed by atoms with Gasteiger partial charge in [0.2, 0.25) is 0 Å². The van der Waals surface area contributed by atoms with E-state index in [4.69, 9.17) is 26.6 Å². The van der Waals surface area contributed by atoms with Gasteiger partial charge in [-0.05, 0) is 40.9 Å². The molecule has 1 radical (unpaired) electrons. The van der Waals surface area contributed by atoms with E-state index in [1.54, 1.807) is 0 Å². The molecule has 0 bridgehead atoms. The Morgan fingerprint density at radius 1 is 1.21 bits per heavy atom. The van der Waals surface area contributed by atoms with Gasteiger partial charge in [-0.1, -0.05) is 25.1 Å². The summed E-state index contributed by atoms with van der Waals surface area (Å²) in [6.07, 6.45) is 0.981. The second kappa shape index (κ2) is 7.14. The van der Waals surface area contributed by atoms with Crippen molar-refractivity contribution in [2.75, 3.05) is 5.75 Å². The van der Waals surface area contributed by atoms with E-state index in [0.717, 1.165) is 17.9 Å². The molecule has 0 N–H and O–H groups in total. The average molecular weight is 255 g/mol. The molecule has 0 atom stereocenters. The fourth-order valence-corrected chi connectivity index (χ4v) is 3.37. The van der Waals surface area contributed by atoms with Crippen molar-refractivity contribution in [1.29, 1.82) is 0 Å². The second-order valence-corrected chi connectivity index (χ2v) is 8.21. The van der Waals surface area contributed by atoms with Gasteiger partial charge in [0.1, 0.15) is 5.75 Å². The van der Waals surface area contributed by atoms with Crippen molar-refractivity contribution < 1.29 is 4.18 Å². The third kappa shape index (κ3) is 5.63. The molecule has 0 aromatic heterocycles. The van der Waals surface area contributed by atoms with Gasteiger partial charge in [0, 0.05) is 35.3 Å². The van der Waals surface area contributed by atoms with Crippen LogP contribution in [-0.4, -0.2) is 35.3 Å². The van der Waals surface area contributed by atoms with Crippen LogP contribution in [0.25, 0.3) is 0 Å². The Morgan fingerprint density at radius 3 is 2.29 bits per heavy atom. The standard InChI is InChI=1S/C9H12OS3.Na/c1-2-8-13(11,12)10-9-6-4-3-5-7-9;/h3-7H,2,8H2,1H3;. The number of para-hydroxylation sites is 1. The summed E-state index contributed by atoms with van der Waals surface area (Å²) in [5.41, 5.74) is 0.